The Morgan fingerprint density at radius 1 is 1.29 bits per heavy atom. The highest BCUT2D eigenvalue weighted by Gasteiger charge is 2.41. The molecule has 0 aliphatic carbocycles. The summed E-state index contributed by atoms with van der Waals surface area (Å²) in [5, 5.41) is 4.12. The highest BCUT2D eigenvalue weighted by Crippen LogP contribution is 2.39. The maximum atomic E-state index is 12.8. The number of pyridine rings is 1. The predicted octanol–water partition coefficient (Wildman–Crippen LogP) is 4.15. The molecule has 0 saturated carbocycles. The molecule has 3 aromatic heterocycles. The minimum absolute atomic E-state index is 0.142. The molecular formula is C23H26N4O3S. The molecule has 0 bridgehead atoms. The summed E-state index contributed by atoms with van der Waals surface area (Å²) in [5.41, 5.74) is 0.719. The van der Waals surface area contributed by atoms with Crippen LogP contribution in [0, 0.1) is 12.8 Å². The van der Waals surface area contributed by atoms with Gasteiger partial charge in [0, 0.05) is 49.0 Å². The fourth-order valence-electron chi connectivity index (χ4n) is 4.67. The van der Waals surface area contributed by atoms with Gasteiger partial charge in [-0.15, -0.1) is 11.3 Å². The lowest BCUT2D eigenvalue weighted by Crippen LogP contribution is -2.50. The molecule has 1 spiro atoms. The van der Waals surface area contributed by atoms with Crippen molar-refractivity contribution in [2.45, 2.75) is 44.6 Å². The van der Waals surface area contributed by atoms with Gasteiger partial charge in [-0.1, -0.05) is 5.16 Å². The number of hydrogen-bond donors (Lipinski definition) is 0. The number of amides is 1. The summed E-state index contributed by atoms with van der Waals surface area (Å²) < 4.78 is 11.8. The minimum atomic E-state index is -0.142. The van der Waals surface area contributed by atoms with Crippen LogP contribution in [0.4, 0.5) is 0 Å². The van der Waals surface area contributed by atoms with Crippen molar-refractivity contribution in [1.82, 2.24) is 20.0 Å². The third kappa shape index (κ3) is 4.41. The summed E-state index contributed by atoms with van der Waals surface area (Å²) in [6.07, 6.45) is 7.95. The van der Waals surface area contributed by atoms with Crippen molar-refractivity contribution in [2.24, 2.45) is 5.92 Å². The molecule has 2 fully saturated rings. The van der Waals surface area contributed by atoms with Crippen LogP contribution in [0.1, 0.15) is 46.1 Å². The third-order valence-electron chi connectivity index (χ3n) is 6.36. The van der Waals surface area contributed by atoms with Crippen LogP contribution in [0.2, 0.25) is 0 Å². The van der Waals surface area contributed by atoms with Crippen molar-refractivity contribution in [3.05, 3.63) is 52.3 Å². The van der Waals surface area contributed by atoms with Gasteiger partial charge in [0.05, 0.1) is 10.5 Å². The molecule has 31 heavy (non-hydrogen) atoms. The molecule has 5 rings (SSSR count). The molecule has 0 radical (unpaired) electrons. The van der Waals surface area contributed by atoms with E-state index in [1.54, 1.807) is 23.7 Å². The zero-order valence-corrected chi connectivity index (χ0v) is 18.4. The van der Waals surface area contributed by atoms with E-state index in [1.807, 2.05) is 36.1 Å². The number of hydrogen-bond acceptors (Lipinski definition) is 7. The van der Waals surface area contributed by atoms with Gasteiger partial charge in [-0.05, 0) is 62.8 Å². The Hall–Kier alpha value is -2.58. The second-order valence-electron chi connectivity index (χ2n) is 8.55. The second-order valence-corrected chi connectivity index (χ2v) is 9.84. The number of nitrogens with zero attached hydrogens (tertiary/aromatic N) is 4. The Balaban J connectivity index is 1.19. The van der Waals surface area contributed by atoms with Gasteiger partial charge in [-0.25, -0.2) is 0 Å². The first-order chi connectivity index (χ1) is 15.1. The Morgan fingerprint density at radius 2 is 2.16 bits per heavy atom. The first kappa shape index (κ1) is 20.3. The average Bonchev–Trinajstić information content (AvgIpc) is 3.44. The summed E-state index contributed by atoms with van der Waals surface area (Å²) in [6.45, 7) is 4.26. The van der Waals surface area contributed by atoms with E-state index < -0.39 is 0 Å². The molecular weight excluding hydrogens is 412 g/mol. The molecule has 162 valence electrons. The topological polar surface area (TPSA) is 81.4 Å². The van der Waals surface area contributed by atoms with Gasteiger partial charge in [0.15, 0.2) is 0 Å². The standard InChI is InChI=1S/C23H26N4O3S/c1-16-4-5-19(31-16)22(28)27-10-7-23(8-11-27)14-17(6-12-29-23)13-20-25-21(26-30-20)18-3-2-9-24-15-18/h2-5,9,15,17H,6-8,10-14H2,1H3. The molecule has 2 saturated heterocycles. The minimum Gasteiger partial charge on any atom is -0.375 e. The van der Waals surface area contributed by atoms with Crippen LogP contribution in [0.5, 0.6) is 0 Å². The number of likely N-dealkylation sites (tertiary alicyclic amines) is 1. The van der Waals surface area contributed by atoms with Gasteiger partial charge in [-0.3, -0.25) is 9.78 Å². The summed E-state index contributed by atoms with van der Waals surface area (Å²) in [5.74, 6) is 1.84. The van der Waals surface area contributed by atoms with E-state index in [-0.39, 0.29) is 11.5 Å². The molecule has 5 heterocycles. The Morgan fingerprint density at radius 3 is 2.90 bits per heavy atom. The highest BCUT2D eigenvalue weighted by molar-refractivity contribution is 7.13. The molecule has 8 heteroatoms. The van der Waals surface area contributed by atoms with Gasteiger partial charge in [-0.2, -0.15) is 4.98 Å². The summed E-state index contributed by atoms with van der Waals surface area (Å²) in [4.78, 5) is 25.4. The quantitative estimate of drug-likeness (QED) is 0.609. The van der Waals surface area contributed by atoms with Gasteiger partial charge in [0.1, 0.15) is 0 Å². The predicted molar refractivity (Wildman–Crippen MR) is 117 cm³/mol. The van der Waals surface area contributed by atoms with Gasteiger partial charge >= 0.3 is 0 Å². The van der Waals surface area contributed by atoms with Crippen molar-refractivity contribution < 1.29 is 14.1 Å². The van der Waals surface area contributed by atoms with Crippen molar-refractivity contribution >= 4 is 17.2 Å². The van der Waals surface area contributed by atoms with E-state index in [4.69, 9.17) is 9.26 Å². The van der Waals surface area contributed by atoms with E-state index in [9.17, 15) is 4.79 Å². The van der Waals surface area contributed by atoms with Crippen molar-refractivity contribution in [3.63, 3.8) is 0 Å². The molecule has 1 amide bonds. The average molecular weight is 439 g/mol. The van der Waals surface area contributed by atoms with Crippen LogP contribution in [-0.4, -0.2) is 51.2 Å². The summed E-state index contributed by atoms with van der Waals surface area (Å²) in [6, 6.07) is 7.74. The number of rotatable bonds is 4. The summed E-state index contributed by atoms with van der Waals surface area (Å²) >= 11 is 1.57. The van der Waals surface area contributed by atoms with Crippen LogP contribution in [-0.2, 0) is 11.2 Å². The lowest BCUT2D eigenvalue weighted by atomic mass is 9.78. The molecule has 0 N–H and O–H groups in total. The van der Waals surface area contributed by atoms with Crippen LogP contribution in [0.3, 0.4) is 0 Å². The van der Waals surface area contributed by atoms with Crippen LogP contribution in [0.15, 0.2) is 41.2 Å². The molecule has 2 aliphatic heterocycles. The Bertz CT molecular complexity index is 1040. The molecule has 2 aliphatic rings. The maximum Gasteiger partial charge on any atom is 0.263 e. The Kier molecular flexibility index (Phi) is 5.58. The SMILES string of the molecule is Cc1ccc(C(=O)N2CCC3(CC2)CC(Cc2nc(-c4cccnc4)no2)CCO3)s1. The van der Waals surface area contributed by atoms with E-state index in [0.717, 1.165) is 62.2 Å². The fraction of sp³-hybridized carbons (Fsp3) is 0.478. The van der Waals surface area contributed by atoms with Crippen molar-refractivity contribution in [1.29, 1.82) is 0 Å². The molecule has 0 aromatic carbocycles. The number of piperidine rings is 1. The second kappa shape index (κ2) is 8.51. The lowest BCUT2D eigenvalue weighted by molar-refractivity contribution is -0.123. The number of aryl methyl sites for hydroxylation is 1. The number of carbonyl (C=O) groups is 1. The van der Waals surface area contributed by atoms with Crippen molar-refractivity contribution in [2.75, 3.05) is 19.7 Å². The van der Waals surface area contributed by atoms with Crippen LogP contribution >= 0.6 is 11.3 Å². The highest BCUT2D eigenvalue weighted by atomic mass is 32.1. The smallest absolute Gasteiger partial charge is 0.263 e. The fourth-order valence-corrected chi connectivity index (χ4v) is 5.51. The maximum absolute atomic E-state index is 12.8. The van der Waals surface area contributed by atoms with E-state index in [2.05, 4.69) is 15.1 Å². The normalized spacial score (nSPS) is 20.8. The van der Waals surface area contributed by atoms with E-state index in [0.29, 0.717) is 17.6 Å². The number of ether oxygens (including phenoxy) is 1. The molecule has 1 atom stereocenters. The van der Waals surface area contributed by atoms with Gasteiger partial charge < -0.3 is 14.2 Å². The van der Waals surface area contributed by atoms with Crippen LogP contribution in [0.25, 0.3) is 11.4 Å². The summed E-state index contributed by atoms with van der Waals surface area (Å²) in [7, 11) is 0. The van der Waals surface area contributed by atoms with E-state index in [1.165, 1.54) is 4.88 Å². The molecule has 7 nitrogen and oxygen atoms in total. The van der Waals surface area contributed by atoms with E-state index >= 15 is 0 Å². The number of aromatic nitrogens is 3. The zero-order valence-electron chi connectivity index (χ0n) is 17.6. The monoisotopic (exact) mass is 438 g/mol. The Labute approximate surface area is 185 Å². The van der Waals surface area contributed by atoms with Gasteiger partial charge in [0.2, 0.25) is 11.7 Å². The first-order valence-corrected chi connectivity index (χ1v) is 11.6. The van der Waals surface area contributed by atoms with Crippen LogP contribution < -0.4 is 0 Å². The largest absolute Gasteiger partial charge is 0.375 e. The molecule has 3 aromatic rings. The lowest BCUT2D eigenvalue weighted by Gasteiger charge is -2.46. The van der Waals surface area contributed by atoms with Crippen molar-refractivity contribution in [3.8, 4) is 11.4 Å². The molecule has 1 unspecified atom stereocenters. The zero-order chi connectivity index (χ0) is 21.3. The third-order valence-corrected chi connectivity index (χ3v) is 7.35. The first-order valence-electron chi connectivity index (χ1n) is 10.8. The number of carbonyl (C=O) groups excluding carboxylic acids is 1. The number of thiophene rings is 1. The van der Waals surface area contributed by atoms with Gasteiger partial charge in [0.25, 0.3) is 5.91 Å².